The van der Waals surface area contributed by atoms with Crippen LogP contribution in [0.5, 0.6) is 5.75 Å². The summed E-state index contributed by atoms with van der Waals surface area (Å²) in [6.07, 6.45) is 2.15. The standard InChI is InChI=1S/C14H17BrN2O2/c1-4-14(18,10-6-5-7-11(15)8-10)13-12(19-3)9-16-17(13)2/h5-9,18H,4H2,1-3H3. The van der Waals surface area contributed by atoms with Gasteiger partial charge in [-0.25, -0.2) is 0 Å². The summed E-state index contributed by atoms with van der Waals surface area (Å²) in [4.78, 5) is 0. The fourth-order valence-corrected chi connectivity index (χ4v) is 2.69. The zero-order valence-electron chi connectivity index (χ0n) is 11.2. The van der Waals surface area contributed by atoms with Crippen LogP contribution in [0.4, 0.5) is 0 Å². The second-order valence-electron chi connectivity index (χ2n) is 4.41. The number of nitrogens with zero attached hydrogens (tertiary/aromatic N) is 2. The van der Waals surface area contributed by atoms with Crippen LogP contribution in [0.1, 0.15) is 24.6 Å². The highest BCUT2D eigenvalue weighted by atomic mass is 79.9. The molecule has 102 valence electrons. The molecule has 1 atom stereocenters. The quantitative estimate of drug-likeness (QED) is 0.940. The SMILES string of the molecule is CCC(O)(c1cccc(Br)c1)c1c(OC)cnn1C. The van der Waals surface area contributed by atoms with Gasteiger partial charge < -0.3 is 9.84 Å². The smallest absolute Gasteiger partial charge is 0.163 e. The molecule has 0 bridgehead atoms. The Labute approximate surface area is 121 Å². The van der Waals surface area contributed by atoms with Gasteiger partial charge in [0, 0.05) is 11.5 Å². The van der Waals surface area contributed by atoms with E-state index in [1.54, 1.807) is 25.0 Å². The molecule has 0 saturated carbocycles. The molecule has 2 aromatic rings. The van der Waals surface area contributed by atoms with Gasteiger partial charge in [0.1, 0.15) is 11.3 Å². The van der Waals surface area contributed by atoms with Crippen LogP contribution in [0, 0.1) is 0 Å². The summed E-state index contributed by atoms with van der Waals surface area (Å²) in [5, 5.41) is 15.3. The molecule has 2 rings (SSSR count). The molecule has 19 heavy (non-hydrogen) atoms. The van der Waals surface area contributed by atoms with E-state index in [0.29, 0.717) is 17.9 Å². The first-order valence-electron chi connectivity index (χ1n) is 6.07. The molecule has 0 radical (unpaired) electrons. The maximum absolute atomic E-state index is 11.1. The molecule has 5 heteroatoms. The summed E-state index contributed by atoms with van der Waals surface area (Å²) in [6, 6.07) is 7.65. The van der Waals surface area contributed by atoms with Crippen LogP contribution in [-0.4, -0.2) is 22.0 Å². The van der Waals surface area contributed by atoms with E-state index in [1.165, 1.54) is 0 Å². The average Bonchev–Trinajstić information content (AvgIpc) is 2.79. The molecular weight excluding hydrogens is 308 g/mol. The molecule has 0 amide bonds. The summed E-state index contributed by atoms with van der Waals surface area (Å²) < 4.78 is 7.90. The van der Waals surface area contributed by atoms with Crippen molar-refractivity contribution in [2.75, 3.05) is 7.11 Å². The molecular formula is C14H17BrN2O2. The molecule has 0 fully saturated rings. The Morgan fingerprint density at radius 3 is 2.79 bits per heavy atom. The van der Waals surface area contributed by atoms with E-state index < -0.39 is 5.60 Å². The molecule has 1 aromatic carbocycles. The predicted octanol–water partition coefficient (Wildman–Crippen LogP) is 2.84. The fraction of sp³-hybridized carbons (Fsp3) is 0.357. The Hall–Kier alpha value is -1.33. The molecule has 1 unspecified atom stereocenters. The second-order valence-corrected chi connectivity index (χ2v) is 5.33. The first-order chi connectivity index (χ1) is 9.02. The molecule has 0 aliphatic carbocycles. The van der Waals surface area contributed by atoms with Gasteiger partial charge in [-0.05, 0) is 24.1 Å². The van der Waals surface area contributed by atoms with Gasteiger partial charge in [-0.1, -0.05) is 35.0 Å². The van der Waals surface area contributed by atoms with E-state index in [0.717, 1.165) is 10.0 Å². The normalized spacial score (nSPS) is 14.2. The Morgan fingerprint density at radius 2 is 2.21 bits per heavy atom. The number of hydrogen-bond donors (Lipinski definition) is 1. The largest absolute Gasteiger partial charge is 0.493 e. The van der Waals surface area contributed by atoms with Crippen LogP contribution in [0.3, 0.4) is 0 Å². The minimum absolute atomic E-state index is 0.527. The van der Waals surface area contributed by atoms with Gasteiger partial charge in [0.15, 0.2) is 5.75 Å². The van der Waals surface area contributed by atoms with Crippen LogP contribution in [0.2, 0.25) is 0 Å². The van der Waals surface area contributed by atoms with Crippen LogP contribution >= 0.6 is 15.9 Å². The highest BCUT2D eigenvalue weighted by Crippen LogP contribution is 2.38. The van der Waals surface area contributed by atoms with E-state index in [-0.39, 0.29) is 0 Å². The van der Waals surface area contributed by atoms with Gasteiger partial charge in [-0.15, -0.1) is 0 Å². The van der Waals surface area contributed by atoms with Gasteiger partial charge >= 0.3 is 0 Å². The topological polar surface area (TPSA) is 47.3 Å². The number of benzene rings is 1. The molecule has 0 saturated heterocycles. The lowest BCUT2D eigenvalue weighted by molar-refractivity contribution is 0.0648. The first kappa shape index (κ1) is 14.1. The maximum atomic E-state index is 11.1. The van der Waals surface area contributed by atoms with Crippen molar-refractivity contribution in [3.8, 4) is 5.75 Å². The number of hydrogen-bond acceptors (Lipinski definition) is 3. The van der Waals surface area contributed by atoms with Crippen LogP contribution in [0.15, 0.2) is 34.9 Å². The van der Waals surface area contributed by atoms with Crippen molar-refractivity contribution in [1.82, 2.24) is 9.78 Å². The van der Waals surface area contributed by atoms with Crippen molar-refractivity contribution < 1.29 is 9.84 Å². The Balaban J connectivity index is 2.62. The van der Waals surface area contributed by atoms with E-state index in [2.05, 4.69) is 21.0 Å². The Kier molecular flexibility index (Phi) is 3.96. The molecule has 0 aliphatic rings. The summed E-state index contributed by atoms with van der Waals surface area (Å²) in [6.45, 7) is 1.94. The fourth-order valence-electron chi connectivity index (χ4n) is 2.29. The Morgan fingerprint density at radius 1 is 1.47 bits per heavy atom. The molecule has 1 aromatic heterocycles. The second kappa shape index (κ2) is 5.35. The molecule has 4 nitrogen and oxygen atoms in total. The summed E-state index contributed by atoms with van der Waals surface area (Å²) in [5.41, 5.74) is 0.349. The molecule has 0 spiro atoms. The van der Waals surface area contributed by atoms with E-state index in [9.17, 15) is 5.11 Å². The lowest BCUT2D eigenvalue weighted by atomic mass is 9.87. The summed E-state index contributed by atoms with van der Waals surface area (Å²) >= 11 is 3.44. The predicted molar refractivity (Wildman–Crippen MR) is 77.2 cm³/mol. The monoisotopic (exact) mass is 324 g/mol. The van der Waals surface area contributed by atoms with Crippen LogP contribution in [0.25, 0.3) is 0 Å². The number of methoxy groups -OCH3 is 1. The van der Waals surface area contributed by atoms with Crippen molar-refractivity contribution in [2.24, 2.45) is 7.05 Å². The van der Waals surface area contributed by atoms with Crippen molar-refractivity contribution in [3.63, 3.8) is 0 Å². The minimum Gasteiger partial charge on any atom is -0.493 e. The summed E-state index contributed by atoms with van der Waals surface area (Å²) in [5.74, 6) is 0.590. The average molecular weight is 325 g/mol. The van der Waals surface area contributed by atoms with Gasteiger partial charge in [0.2, 0.25) is 0 Å². The minimum atomic E-state index is -1.12. The van der Waals surface area contributed by atoms with Crippen molar-refractivity contribution in [3.05, 3.63) is 46.2 Å². The first-order valence-corrected chi connectivity index (χ1v) is 6.87. The highest BCUT2D eigenvalue weighted by molar-refractivity contribution is 9.10. The number of rotatable bonds is 4. The lowest BCUT2D eigenvalue weighted by Crippen LogP contribution is -2.29. The van der Waals surface area contributed by atoms with E-state index in [1.807, 2.05) is 31.2 Å². The lowest BCUT2D eigenvalue weighted by Gasteiger charge is -2.28. The van der Waals surface area contributed by atoms with Gasteiger partial charge in [-0.3, -0.25) is 4.68 Å². The zero-order valence-corrected chi connectivity index (χ0v) is 12.8. The molecule has 1 heterocycles. The third kappa shape index (κ3) is 2.40. The van der Waals surface area contributed by atoms with E-state index >= 15 is 0 Å². The molecule has 1 N–H and O–H groups in total. The van der Waals surface area contributed by atoms with Gasteiger partial charge in [0.05, 0.1) is 13.3 Å². The Bertz CT molecular complexity index is 583. The van der Waals surface area contributed by atoms with Crippen LogP contribution in [-0.2, 0) is 12.6 Å². The number of halogens is 1. The third-order valence-electron chi connectivity index (χ3n) is 3.33. The van der Waals surface area contributed by atoms with E-state index in [4.69, 9.17) is 4.74 Å². The van der Waals surface area contributed by atoms with Crippen LogP contribution < -0.4 is 4.74 Å². The molecule has 0 aliphatic heterocycles. The number of ether oxygens (including phenoxy) is 1. The maximum Gasteiger partial charge on any atom is 0.163 e. The third-order valence-corrected chi connectivity index (χ3v) is 3.82. The summed E-state index contributed by atoms with van der Waals surface area (Å²) in [7, 11) is 3.38. The van der Waals surface area contributed by atoms with Crippen molar-refractivity contribution in [1.29, 1.82) is 0 Å². The number of aliphatic hydroxyl groups is 1. The zero-order chi connectivity index (χ0) is 14.0. The number of aromatic nitrogens is 2. The van der Waals surface area contributed by atoms with Gasteiger partial charge in [0.25, 0.3) is 0 Å². The highest BCUT2D eigenvalue weighted by Gasteiger charge is 2.36. The van der Waals surface area contributed by atoms with Crippen molar-refractivity contribution >= 4 is 15.9 Å². The number of aryl methyl sites for hydroxylation is 1. The van der Waals surface area contributed by atoms with Gasteiger partial charge in [-0.2, -0.15) is 5.10 Å². The van der Waals surface area contributed by atoms with Crippen molar-refractivity contribution in [2.45, 2.75) is 18.9 Å².